The molecule has 2 aromatic heterocycles. The van der Waals surface area contributed by atoms with Gasteiger partial charge in [-0.05, 0) is 25.5 Å². The van der Waals surface area contributed by atoms with Gasteiger partial charge in [-0.2, -0.15) is 4.98 Å². The average Bonchev–Trinajstić information content (AvgIpc) is 2.90. The first-order valence-electron chi connectivity index (χ1n) is 5.76. The molecule has 5 heteroatoms. The van der Waals surface area contributed by atoms with Gasteiger partial charge in [0.05, 0.1) is 0 Å². The lowest BCUT2D eigenvalue weighted by atomic mass is 10.2. The van der Waals surface area contributed by atoms with Gasteiger partial charge in [-0.3, -0.25) is 0 Å². The molecule has 2 aromatic rings. The number of aromatic nitrogens is 3. The minimum atomic E-state index is 0.749. The highest BCUT2D eigenvalue weighted by atomic mass is 16.5. The fraction of sp³-hybridized carbons (Fsp3) is 0.500. The van der Waals surface area contributed by atoms with Gasteiger partial charge in [0, 0.05) is 37.9 Å². The monoisotopic (exact) mass is 234 g/mol. The summed E-state index contributed by atoms with van der Waals surface area (Å²) < 4.78 is 6.88. The molecule has 0 saturated carbocycles. The molecule has 0 aliphatic carbocycles. The van der Waals surface area contributed by atoms with Gasteiger partial charge in [-0.1, -0.05) is 5.16 Å². The predicted molar refractivity (Wildman–Crippen MR) is 64.6 cm³/mol. The number of aryl methyl sites for hydroxylation is 1. The highest BCUT2D eigenvalue weighted by Gasteiger charge is 2.05. The first-order valence-corrected chi connectivity index (χ1v) is 5.76. The zero-order valence-electron chi connectivity index (χ0n) is 10.5. The third-order valence-corrected chi connectivity index (χ3v) is 3.13. The minimum Gasteiger partial charge on any atom is -0.352 e. The Kier molecular flexibility index (Phi) is 3.58. The van der Waals surface area contributed by atoms with Gasteiger partial charge in [0.25, 0.3) is 0 Å². The van der Waals surface area contributed by atoms with Crippen molar-refractivity contribution in [2.45, 2.75) is 26.8 Å². The van der Waals surface area contributed by atoms with Crippen LogP contribution in [0.3, 0.4) is 0 Å². The molecule has 0 saturated heterocycles. The Morgan fingerprint density at radius 1 is 1.41 bits per heavy atom. The van der Waals surface area contributed by atoms with E-state index in [1.807, 2.05) is 0 Å². The molecule has 2 heterocycles. The predicted octanol–water partition coefficient (Wildman–Crippen LogP) is 1.36. The lowest BCUT2D eigenvalue weighted by molar-refractivity contribution is 0.409. The van der Waals surface area contributed by atoms with Gasteiger partial charge in [0.15, 0.2) is 5.82 Å². The third kappa shape index (κ3) is 2.74. The number of nitrogens with zero attached hydrogens (tertiary/aromatic N) is 3. The van der Waals surface area contributed by atoms with E-state index < -0.39 is 0 Å². The fourth-order valence-corrected chi connectivity index (χ4v) is 1.84. The fourth-order valence-electron chi connectivity index (χ4n) is 1.84. The molecule has 0 atom stereocenters. The lowest BCUT2D eigenvalue weighted by Crippen LogP contribution is -2.17. The van der Waals surface area contributed by atoms with Crippen LogP contribution < -0.4 is 5.32 Å². The van der Waals surface area contributed by atoms with Crippen molar-refractivity contribution in [1.29, 1.82) is 0 Å². The summed E-state index contributed by atoms with van der Waals surface area (Å²) >= 11 is 0. The van der Waals surface area contributed by atoms with E-state index in [0.717, 1.165) is 25.3 Å². The largest absolute Gasteiger partial charge is 0.352 e. The molecule has 17 heavy (non-hydrogen) atoms. The van der Waals surface area contributed by atoms with Crippen LogP contribution in [0.2, 0.25) is 0 Å². The molecule has 92 valence electrons. The lowest BCUT2D eigenvalue weighted by Gasteiger charge is -2.04. The van der Waals surface area contributed by atoms with Crippen molar-refractivity contribution >= 4 is 0 Å². The van der Waals surface area contributed by atoms with E-state index in [4.69, 9.17) is 0 Å². The Balaban J connectivity index is 1.80. The first kappa shape index (κ1) is 11.9. The summed E-state index contributed by atoms with van der Waals surface area (Å²) in [5.41, 5.74) is 3.95. The standard InChI is InChI=1S/C12H18N4O/c1-9-6-11(10(2)16(9)3)7-13-5-4-12-14-8-17-15-12/h6,8,13H,4-5,7H2,1-3H3. The van der Waals surface area contributed by atoms with Gasteiger partial charge in [-0.25, -0.2) is 0 Å². The highest BCUT2D eigenvalue weighted by Crippen LogP contribution is 2.12. The van der Waals surface area contributed by atoms with Crippen LogP contribution in [0.4, 0.5) is 0 Å². The van der Waals surface area contributed by atoms with E-state index in [-0.39, 0.29) is 0 Å². The maximum Gasteiger partial charge on any atom is 0.213 e. The SMILES string of the molecule is Cc1cc(CNCCc2ncon2)c(C)n1C. The van der Waals surface area contributed by atoms with Crippen molar-refractivity contribution in [3.05, 3.63) is 35.2 Å². The molecule has 0 amide bonds. The van der Waals surface area contributed by atoms with Gasteiger partial charge < -0.3 is 14.4 Å². The zero-order valence-corrected chi connectivity index (χ0v) is 10.5. The van der Waals surface area contributed by atoms with Crippen LogP contribution in [-0.2, 0) is 20.0 Å². The Hall–Kier alpha value is -1.62. The number of nitrogens with one attached hydrogen (secondary N) is 1. The van der Waals surface area contributed by atoms with Crippen molar-refractivity contribution in [3.63, 3.8) is 0 Å². The van der Waals surface area contributed by atoms with Gasteiger partial charge >= 0.3 is 0 Å². The molecule has 0 spiro atoms. The highest BCUT2D eigenvalue weighted by molar-refractivity contribution is 5.26. The maximum absolute atomic E-state index is 4.68. The summed E-state index contributed by atoms with van der Waals surface area (Å²) in [5, 5.41) is 7.15. The second-order valence-electron chi connectivity index (χ2n) is 4.23. The molecule has 5 nitrogen and oxygen atoms in total. The molecule has 0 aliphatic rings. The Labute approximate surface area is 101 Å². The number of hydrogen-bond donors (Lipinski definition) is 1. The molecule has 0 radical (unpaired) electrons. The van der Waals surface area contributed by atoms with Crippen LogP contribution in [0.5, 0.6) is 0 Å². The van der Waals surface area contributed by atoms with Crippen LogP contribution in [0.1, 0.15) is 22.8 Å². The summed E-state index contributed by atoms with van der Waals surface area (Å²) in [6, 6.07) is 2.22. The van der Waals surface area contributed by atoms with Crippen LogP contribution in [0.25, 0.3) is 0 Å². The van der Waals surface area contributed by atoms with E-state index >= 15 is 0 Å². The van der Waals surface area contributed by atoms with Crippen LogP contribution >= 0.6 is 0 Å². The molecule has 0 fully saturated rings. The van der Waals surface area contributed by atoms with Crippen molar-refractivity contribution in [3.8, 4) is 0 Å². The van der Waals surface area contributed by atoms with E-state index in [0.29, 0.717) is 0 Å². The molecular weight excluding hydrogens is 216 g/mol. The summed E-state index contributed by atoms with van der Waals surface area (Å²) in [6.45, 7) is 6.00. The molecule has 1 N–H and O–H groups in total. The number of hydrogen-bond acceptors (Lipinski definition) is 4. The summed E-state index contributed by atoms with van der Waals surface area (Å²) in [5.74, 6) is 0.749. The van der Waals surface area contributed by atoms with E-state index in [2.05, 4.69) is 51.5 Å². The summed E-state index contributed by atoms with van der Waals surface area (Å²) in [7, 11) is 2.09. The third-order valence-electron chi connectivity index (χ3n) is 3.13. The second kappa shape index (κ2) is 5.14. The second-order valence-corrected chi connectivity index (χ2v) is 4.23. The summed E-state index contributed by atoms with van der Waals surface area (Å²) in [4.78, 5) is 3.97. The Morgan fingerprint density at radius 2 is 2.24 bits per heavy atom. The zero-order chi connectivity index (χ0) is 12.3. The van der Waals surface area contributed by atoms with Crippen LogP contribution in [0, 0.1) is 13.8 Å². The van der Waals surface area contributed by atoms with Crippen LogP contribution in [0.15, 0.2) is 17.0 Å². The van der Waals surface area contributed by atoms with Gasteiger partial charge in [0.1, 0.15) is 0 Å². The van der Waals surface area contributed by atoms with E-state index in [1.165, 1.54) is 23.3 Å². The van der Waals surface area contributed by atoms with E-state index in [1.54, 1.807) is 0 Å². The first-order chi connectivity index (χ1) is 8.18. The molecule has 0 aliphatic heterocycles. The van der Waals surface area contributed by atoms with Crippen LogP contribution in [-0.4, -0.2) is 21.3 Å². The van der Waals surface area contributed by atoms with Gasteiger partial charge in [-0.15, -0.1) is 0 Å². The normalized spacial score (nSPS) is 11.0. The quantitative estimate of drug-likeness (QED) is 0.794. The Bertz CT molecular complexity index is 473. The smallest absolute Gasteiger partial charge is 0.213 e. The molecule has 0 bridgehead atoms. The average molecular weight is 234 g/mol. The summed E-state index contributed by atoms with van der Waals surface area (Å²) in [6.07, 6.45) is 2.15. The minimum absolute atomic E-state index is 0.749. The van der Waals surface area contributed by atoms with E-state index in [9.17, 15) is 0 Å². The molecule has 0 aromatic carbocycles. The molecule has 2 rings (SSSR count). The Morgan fingerprint density at radius 3 is 2.82 bits per heavy atom. The van der Waals surface area contributed by atoms with Gasteiger partial charge in [0.2, 0.25) is 6.39 Å². The molecule has 0 unspecified atom stereocenters. The van der Waals surface area contributed by atoms with Crippen molar-refractivity contribution in [1.82, 2.24) is 20.0 Å². The van der Waals surface area contributed by atoms with Crippen molar-refractivity contribution in [2.24, 2.45) is 7.05 Å². The number of rotatable bonds is 5. The molecular formula is C12H18N4O. The topological polar surface area (TPSA) is 55.9 Å². The van der Waals surface area contributed by atoms with Crippen molar-refractivity contribution in [2.75, 3.05) is 6.54 Å². The maximum atomic E-state index is 4.68. The van der Waals surface area contributed by atoms with Crippen molar-refractivity contribution < 1.29 is 4.52 Å².